The average Bonchev–Trinajstić information content (AvgIpc) is 2.30. The van der Waals surface area contributed by atoms with Gasteiger partial charge in [0.05, 0.1) is 0 Å². The minimum atomic E-state index is -0.151. The number of nitrogens with two attached hydrogens (primary N) is 1. The van der Waals surface area contributed by atoms with Crippen LogP contribution in [0.1, 0.15) is 24.3 Å². The Labute approximate surface area is 64.2 Å². The monoisotopic (exact) mass is 154 g/mol. The predicted octanol–water partition coefficient (Wildman–Crippen LogP) is 0.0828. The molecule has 1 aromatic rings. The Balaban J connectivity index is 3.10. The Bertz CT molecular complexity index is 278. The molecular weight excluding hydrogens is 144 g/mol. The molecule has 0 atom stereocenters. The Kier molecular flexibility index (Phi) is 1.89. The van der Waals surface area contributed by atoms with Crippen molar-refractivity contribution in [3.05, 3.63) is 5.69 Å². The van der Waals surface area contributed by atoms with E-state index in [9.17, 15) is 4.79 Å². The third kappa shape index (κ3) is 1.21. The molecule has 60 valence electrons. The summed E-state index contributed by atoms with van der Waals surface area (Å²) in [6.45, 7) is 3.93. The zero-order valence-corrected chi connectivity index (χ0v) is 6.53. The molecule has 0 saturated heterocycles. The first-order valence-corrected chi connectivity index (χ1v) is 3.36. The number of rotatable bonds is 2. The minimum Gasteiger partial charge on any atom is -0.382 e. The number of carbonyl (C=O) groups is 1. The van der Waals surface area contributed by atoms with Gasteiger partial charge in [-0.1, -0.05) is 5.21 Å². The van der Waals surface area contributed by atoms with E-state index in [4.69, 9.17) is 5.73 Å². The highest BCUT2D eigenvalue weighted by Gasteiger charge is 2.11. The fraction of sp³-hybridized carbons (Fsp3) is 0.500. The third-order valence-corrected chi connectivity index (χ3v) is 1.41. The number of anilines is 1. The lowest BCUT2D eigenvalue weighted by molar-refractivity contribution is 0.101. The third-order valence-electron chi connectivity index (χ3n) is 1.41. The number of aromatic nitrogens is 3. The molecule has 1 aromatic heterocycles. The summed E-state index contributed by atoms with van der Waals surface area (Å²) in [5.41, 5.74) is 5.79. The first-order valence-electron chi connectivity index (χ1n) is 3.36. The molecule has 1 heterocycles. The SMILES string of the molecule is CCn1nnc(C(C)=O)c1N. The molecule has 0 amide bonds. The van der Waals surface area contributed by atoms with E-state index in [1.807, 2.05) is 6.92 Å². The van der Waals surface area contributed by atoms with Gasteiger partial charge in [0.15, 0.2) is 17.3 Å². The lowest BCUT2D eigenvalue weighted by Crippen LogP contribution is -2.04. The quantitative estimate of drug-likeness (QED) is 0.612. The van der Waals surface area contributed by atoms with Crippen molar-refractivity contribution in [1.82, 2.24) is 15.0 Å². The zero-order valence-electron chi connectivity index (χ0n) is 6.53. The predicted molar refractivity (Wildman–Crippen MR) is 40.1 cm³/mol. The van der Waals surface area contributed by atoms with Gasteiger partial charge in [-0.25, -0.2) is 4.68 Å². The van der Waals surface area contributed by atoms with Crippen molar-refractivity contribution in [3.8, 4) is 0 Å². The van der Waals surface area contributed by atoms with Gasteiger partial charge in [-0.15, -0.1) is 5.10 Å². The molecule has 0 saturated carbocycles. The van der Waals surface area contributed by atoms with Gasteiger partial charge >= 0.3 is 0 Å². The standard InChI is InChI=1S/C6H10N4O/c1-3-10-6(7)5(4(2)11)8-9-10/h3,7H2,1-2H3. The van der Waals surface area contributed by atoms with Gasteiger partial charge in [-0.05, 0) is 6.92 Å². The zero-order chi connectivity index (χ0) is 8.43. The van der Waals surface area contributed by atoms with Gasteiger partial charge in [-0.2, -0.15) is 0 Å². The molecule has 5 nitrogen and oxygen atoms in total. The lowest BCUT2D eigenvalue weighted by atomic mass is 10.3. The second kappa shape index (κ2) is 2.69. The van der Waals surface area contributed by atoms with Gasteiger partial charge in [0.25, 0.3) is 0 Å². The first kappa shape index (κ1) is 7.71. The van der Waals surface area contributed by atoms with Crippen LogP contribution in [0.3, 0.4) is 0 Å². The second-order valence-electron chi connectivity index (χ2n) is 2.20. The van der Waals surface area contributed by atoms with Crippen LogP contribution in [0.5, 0.6) is 0 Å². The molecule has 5 heteroatoms. The number of Topliss-reactive ketones (excluding diaryl/α,β-unsaturated/α-hetero) is 1. The van der Waals surface area contributed by atoms with Crippen molar-refractivity contribution in [2.45, 2.75) is 20.4 Å². The molecule has 0 fully saturated rings. The summed E-state index contributed by atoms with van der Waals surface area (Å²) in [7, 11) is 0. The van der Waals surface area contributed by atoms with E-state index in [0.717, 1.165) is 0 Å². The number of ketones is 1. The fourth-order valence-corrected chi connectivity index (χ4v) is 0.805. The molecule has 11 heavy (non-hydrogen) atoms. The summed E-state index contributed by atoms with van der Waals surface area (Å²) < 4.78 is 1.48. The van der Waals surface area contributed by atoms with Crippen molar-refractivity contribution in [1.29, 1.82) is 0 Å². The fourth-order valence-electron chi connectivity index (χ4n) is 0.805. The summed E-state index contributed by atoms with van der Waals surface area (Å²) in [6.07, 6.45) is 0. The van der Waals surface area contributed by atoms with Crippen LogP contribution in [0.15, 0.2) is 0 Å². The molecule has 0 bridgehead atoms. The van der Waals surface area contributed by atoms with Crippen molar-refractivity contribution >= 4 is 11.6 Å². The van der Waals surface area contributed by atoms with Crippen LogP contribution in [-0.2, 0) is 6.54 Å². The van der Waals surface area contributed by atoms with E-state index in [1.54, 1.807) is 0 Å². The van der Waals surface area contributed by atoms with Crippen LogP contribution in [0, 0.1) is 0 Å². The largest absolute Gasteiger partial charge is 0.382 e. The highest BCUT2D eigenvalue weighted by Crippen LogP contribution is 2.06. The molecule has 2 N–H and O–H groups in total. The number of nitrogens with zero attached hydrogens (tertiary/aromatic N) is 3. The van der Waals surface area contributed by atoms with Crippen LogP contribution in [0.2, 0.25) is 0 Å². The maximum absolute atomic E-state index is 10.8. The molecular formula is C6H10N4O. The van der Waals surface area contributed by atoms with Gasteiger partial charge in [-0.3, -0.25) is 4.79 Å². The number of nitrogen functional groups attached to an aromatic ring is 1. The first-order chi connectivity index (χ1) is 5.16. The van der Waals surface area contributed by atoms with Crippen LogP contribution in [0.25, 0.3) is 0 Å². The van der Waals surface area contributed by atoms with Crippen molar-refractivity contribution in [3.63, 3.8) is 0 Å². The smallest absolute Gasteiger partial charge is 0.183 e. The highest BCUT2D eigenvalue weighted by molar-refractivity contribution is 5.96. The average molecular weight is 154 g/mol. The summed E-state index contributed by atoms with van der Waals surface area (Å²) in [5, 5.41) is 7.30. The molecule has 0 spiro atoms. The summed E-state index contributed by atoms with van der Waals surface area (Å²) in [4.78, 5) is 10.8. The maximum Gasteiger partial charge on any atom is 0.183 e. The van der Waals surface area contributed by atoms with Crippen LogP contribution in [-0.4, -0.2) is 20.8 Å². The molecule has 0 aromatic carbocycles. The van der Waals surface area contributed by atoms with Crippen LogP contribution >= 0.6 is 0 Å². The minimum absolute atomic E-state index is 0.151. The summed E-state index contributed by atoms with van der Waals surface area (Å²) in [5.74, 6) is 0.196. The van der Waals surface area contributed by atoms with Gasteiger partial charge in [0, 0.05) is 13.5 Å². The summed E-state index contributed by atoms with van der Waals surface area (Å²) >= 11 is 0. The van der Waals surface area contributed by atoms with Crippen LogP contribution in [0.4, 0.5) is 5.82 Å². The number of hydrogen-bond acceptors (Lipinski definition) is 4. The maximum atomic E-state index is 10.8. The topological polar surface area (TPSA) is 73.8 Å². The molecule has 0 aliphatic carbocycles. The normalized spacial score (nSPS) is 10.0. The molecule has 0 radical (unpaired) electrons. The van der Waals surface area contributed by atoms with Gasteiger partial charge < -0.3 is 5.73 Å². The highest BCUT2D eigenvalue weighted by atomic mass is 16.1. The van der Waals surface area contributed by atoms with Crippen LogP contribution < -0.4 is 5.73 Å². The molecule has 0 unspecified atom stereocenters. The van der Waals surface area contributed by atoms with Crippen molar-refractivity contribution in [2.75, 3.05) is 5.73 Å². The number of hydrogen-bond donors (Lipinski definition) is 1. The van der Waals surface area contributed by atoms with E-state index in [1.165, 1.54) is 11.6 Å². The van der Waals surface area contributed by atoms with E-state index < -0.39 is 0 Å². The Morgan fingerprint density at radius 3 is 2.64 bits per heavy atom. The van der Waals surface area contributed by atoms with E-state index >= 15 is 0 Å². The Hall–Kier alpha value is -1.39. The molecule has 1 rings (SSSR count). The Morgan fingerprint density at radius 2 is 2.36 bits per heavy atom. The number of carbonyl (C=O) groups excluding carboxylic acids is 1. The van der Waals surface area contributed by atoms with Gasteiger partial charge in [0.1, 0.15) is 0 Å². The van der Waals surface area contributed by atoms with E-state index in [-0.39, 0.29) is 11.5 Å². The van der Waals surface area contributed by atoms with Gasteiger partial charge in [0.2, 0.25) is 0 Å². The van der Waals surface area contributed by atoms with Crippen molar-refractivity contribution in [2.24, 2.45) is 0 Å². The van der Waals surface area contributed by atoms with E-state index in [2.05, 4.69) is 10.3 Å². The second-order valence-corrected chi connectivity index (χ2v) is 2.20. The van der Waals surface area contributed by atoms with Crippen molar-refractivity contribution < 1.29 is 4.79 Å². The molecule has 0 aliphatic rings. The summed E-state index contributed by atoms with van der Waals surface area (Å²) in [6, 6.07) is 0. The Morgan fingerprint density at radius 1 is 1.73 bits per heavy atom. The molecule has 0 aliphatic heterocycles. The lowest BCUT2D eigenvalue weighted by Gasteiger charge is -1.95. The van der Waals surface area contributed by atoms with E-state index in [0.29, 0.717) is 12.4 Å². The number of aryl methyl sites for hydroxylation is 1.